The molecule has 1 radical (unpaired) electrons. The molecule has 0 heterocycles. The van der Waals surface area contributed by atoms with Gasteiger partial charge in [0.1, 0.15) is 0 Å². The molecular formula is C18H30NO. The van der Waals surface area contributed by atoms with Crippen LogP contribution in [0.1, 0.15) is 41.5 Å². The highest BCUT2D eigenvalue weighted by atomic mass is 16.2. The van der Waals surface area contributed by atoms with Crippen LogP contribution in [0.25, 0.3) is 0 Å². The van der Waals surface area contributed by atoms with Gasteiger partial charge >= 0.3 is 0 Å². The SMILES string of the molecule is CC(C)C1=CC(C(=O)N(C)C)(C(C)C)C=C(C(C)C)[CH]1. The molecule has 0 N–H and O–H groups in total. The van der Waals surface area contributed by atoms with E-state index in [9.17, 15) is 4.79 Å². The van der Waals surface area contributed by atoms with E-state index in [0.717, 1.165) is 0 Å². The summed E-state index contributed by atoms with van der Waals surface area (Å²) in [6.07, 6.45) is 6.64. The second-order valence-corrected chi connectivity index (χ2v) is 7.03. The van der Waals surface area contributed by atoms with E-state index >= 15 is 0 Å². The van der Waals surface area contributed by atoms with E-state index in [1.54, 1.807) is 4.90 Å². The second kappa shape index (κ2) is 6.15. The van der Waals surface area contributed by atoms with E-state index < -0.39 is 5.41 Å². The van der Waals surface area contributed by atoms with Gasteiger partial charge in [-0.25, -0.2) is 0 Å². The van der Waals surface area contributed by atoms with Crippen LogP contribution in [0, 0.1) is 29.6 Å². The summed E-state index contributed by atoms with van der Waals surface area (Å²) >= 11 is 0. The zero-order valence-electron chi connectivity index (χ0n) is 14.3. The van der Waals surface area contributed by atoms with Gasteiger partial charge in [-0.05, 0) is 17.8 Å². The fourth-order valence-corrected chi connectivity index (χ4v) is 2.63. The Balaban J connectivity index is 3.44. The highest BCUT2D eigenvalue weighted by molar-refractivity contribution is 5.88. The van der Waals surface area contributed by atoms with E-state index in [4.69, 9.17) is 0 Å². The number of rotatable bonds is 4. The number of carbonyl (C=O) groups is 1. The Hall–Kier alpha value is -1.05. The standard InChI is InChI=1S/C18H30NO/c1-12(2)15-9-16(13(3)4)11-18(10-15,14(5)6)17(20)19(7)8/h9-14H,1-8H3. The summed E-state index contributed by atoms with van der Waals surface area (Å²) in [4.78, 5) is 14.5. The van der Waals surface area contributed by atoms with Crippen LogP contribution < -0.4 is 0 Å². The fourth-order valence-electron chi connectivity index (χ4n) is 2.63. The van der Waals surface area contributed by atoms with Gasteiger partial charge in [0.15, 0.2) is 0 Å². The van der Waals surface area contributed by atoms with Gasteiger partial charge in [-0.3, -0.25) is 4.79 Å². The summed E-state index contributed by atoms with van der Waals surface area (Å²) in [6.45, 7) is 13.0. The number of carbonyl (C=O) groups excluding carboxylic acids is 1. The van der Waals surface area contributed by atoms with Crippen molar-refractivity contribution in [3.63, 3.8) is 0 Å². The van der Waals surface area contributed by atoms with Gasteiger partial charge in [0, 0.05) is 20.5 Å². The zero-order chi connectivity index (χ0) is 15.7. The largest absolute Gasteiger partial charge is 0.348 e. The minimum Gasteiger partial charge on any atom is -0.348 e. The zero-order valence-corrected chi connectivity index (χ0v) is 14.3. The van der Waals surface area contributed by atoms with Crippen LogP contribution in [0.15, 0.2) is 23.3 Å². The summed E-state index contributed by atoms with van der Waals surface area (Å²) in [5, 5.41) is 0. The first-order valence-electron chi connectivity index (χ1n) is 7.63. The van der Waals surface area contributed by atoms with Gasteiger partial charge < -0.3 is 4.90 Å². The lowest BCUT2D eigenvalue weighted by atomic mass is 9.67. The van der Waals surface area contributed by atoms with Gasteiger partial charge in [-0.15, -0.1) is 0 Å². The molecule has 0 atom stereocenters. The first-order valence-corrected chi connectivity index (χ1v) is 7.63. The second-order valence-electron chi connectivity index (χ2n) is 7.03. The van der Waals surface area contributed by atoms with Crippen molar-refractivity contribution in [3.8, 4) is 0 Å². The maximum atomic E-state index is 12.8. The van der Waals surface area contributed by atoms with Crippen LogP contribution in [-0.2, 0) is 4.79 Å². The summed E-state index contributed by atoms with van der Waals surface area (Å²) in [6, 6.07) is 0. The van der Waals surface area contributed by atoms with Crippen LogP contribution in [0.4, 0.5) is 0 Å². The van der Waals surface area contributed by atoms with Gasteiger partial charge in [0.2, 0.25) is 5.91 Å². The average molecular weight is 276 g/mol. The van der Waals surface area contributed by atoms with Crippen molar-refractivity contribution in [1.29, 1.82) is 0 Å². The van der Waals surface area contributed by atoms with E-state index in [0.29, 0.717) is 11.8 Å². The molecule has 0 aromatic rings. The number of nitrogens with zero attached hydrogens (tertiary/aromatic N) is 1. The lowest BCUT2D eigenvalue weighted by molar-refractivity contribution is -0.136. The minimum atomic E-state index is -0.503. The van der Waals surface area contributed by atoms with E-state index in [1.165, 1.54) is 11.1 Å². The van der Waals surface area contributed by atoms with Crippen molar-refractivity contribution in [1.82, 2.24) is 4.90 Å². The predicted octanol–water partition coefficient (Wildman–Crippen LogP) is 4.10. The summed E-state index contributed by atoms with van der Waals surface area (Å²) in [5.74, 6) is 1.29. The Morgan fingerprint density at radius 2 is 1.35 bits per heavy atom. The Morgan fingerprint density at radius 1 is 0.950 bits per heavy atom. The molecule has 1 aliphatic carbocycles. The summed E-state index contributed by atoms with van der Waals surface area (Å²) in [5.41, 5.74) is 2.05. The predicted molar refractivity (Wildman–Crippen MR) is 86.1 cm³/mol. The lowest BCUT2D eigenvalue weighted by Crippen LogP contribution is -2.43. The molecule has 0 aromatic carbocycles. The third kappa shape index (κ3) is 3.16. The minimum absolute atomic E-state index is 0.178. The van der Waals surface area contributed by atoms with Crippen molar-refractivity contribution in [2.24, 2.45) is 23.2 Å². The number of amides is 1. The van der Waals surface area contributed by atoms with Crippen LogP contribution >= 0.6 is 0 Å². The smallest absolute Gasteiger partial charge is 0.236 e. The number of hydrogen-bond donors (Lipinski definition) is 0. The van der Waals surface area contributed by atoms with Crippen LogP contribution in [0.3, 0.4) is 0 Å². The number of allylic oxidation sites excluding steroid dienone is 2. The molecule has 0 saturated carbocycles. The molecule has 0 unspecified atom stereocenters. The first kappa shape index (κ1) is 17.0. The molecule has 2 heteroatoms. The molecule has 0 saturated heterocycles. The first-order chi connectivity index (χ1) is 9.11. The Kier molecular flexibility index (Phi) is 5.23. The maximum Gasteiger partial charge on any atom is 0.236 e. The highest BCUT2D eigenvalue weighted by Crippen LogP contribution is 2.42. The lowest BCUT2D eigenvalue weighted by Gasteiger charge is -2.39. The van der Waals surface area contributed by atoms with Crippen molar-refractivity contribution in [3.05, 3.63) is 29.7 Å². The maximum absolute atomic E-state index is 12.8. The molecular weight excluding hydrogens is 246 g/mol. The van der Waals surface area contributed by atoms with Gasteiger partial charge in [-0.1, -0.05) is 64.8 Å². The fraction of sp³-hybridized carbons (Fsp3) is 0.667. The molecule has 113 valence electrons. The van der Waals surface area contributed by atoms with Crippen LogP contribution in [0.2, 0.25) is 0 Å². The third-order valence-electron chi connectivity index (χ3n) is 4.21. The molecule has 0 fully saturated rings. The molecule has 2 nitrogen and oxygen atoms in total. The monoisotopic (exact) mass is 276 g/mol. The van der Waals surface area contributed by atoms with Crippen molar-refractivity contribution >= 4 is 5.91 Å². The molecule has 0 aliphatic heterocycles. The Bertz CT molecular complexity index is 401. The van der Waals surface area contributed by atoms with E-state index in [-0.39, 0.29) is 11.8 Å². The third-order valence-corrected chi connectivity index (χ3v) is 4.21. The molecule has 0 aromatic heterocycles. The van der Waals surface area contributed by atoms with Crippen molar-refractivity contribution < 1.29 is 4.79 Å². The average Bonchev–Trinajstić information content (AvgIpc) is 2.36. The van der Waals surface area contributed by atoms with Gasteiger partial charge in [-0.2, -0.15) is 0 Å². The normalized spacial score (nSPS) is 18.4. The van der Waals surface area contributed by atoms with Crippen LogP contribution in [-0.4, -0.2) is 24.9 Å². The molecule has 1 amide bonds. The van der Waals surface area contributed by atoms with Crippen molar-refractivity contribution in [2.45, 2.75) is 41.5 Å². The molecule has 0 bridgehead atoms. The summed E-state index contributed by atoms with van der Waals surface area (Å²) < 4.78 is 0. The molecule has 0 spiro atoms. The topological polar surface area (TPSA) is 20.3 Å². The summed E-state index contributed by atoms with van der Waals surface area (Å²) in [7, 11) is 3.69. The van der Waals surface area contributed by atoms with Crippen LogP contribution in [0.5, 0.6) is 0 Å². The number of hydrogen-bond acceptors (Lipinski definition) is 1. The Labute approximate surface area is 124 Å². The van der Waals surface area contributed by atoms with E-state index in [2.05, 4.69) is 60.1 Å². The van der Waals surface area contributed by atoms with Crippen molar-refractivity contribution in [2.75, 3.05) is 14.1 Å². The molecule has 1 aliphatic rings. The molecule has 20 heavy (non-hydrogen) atoms. The highest BCUT2D eigenvalue weighted by Gasteiger charge is 2.41. The Morgan fingerprint density at radius 3 is 1.60 bits per heavy atom. The van der Waals surface area contributed by atoms with Gasteiger partial charge in [0.05, 0.1) is 5.41 Å². The molecule has 1 rings (SSSR count). The quantitative estimate of drug-likeness (QED) is 0.757. The van der Waals surface area contributed by atoms with Gasteiger partial charge in [0.25, 0.3) is 0 Å². The van der Waals surface area contributed by atoms with E-state index in [1.807, 2.05) is 14.1 Å².